The fourth-order valence-corrected chi connectivity index (χ4v) is 1.39. The van der Waals surface area contributed by atoms with Crippen LogP contribution >= 0.6 is 0 Å². The molecule has 0 heterocycles. The first-order valence-electron chi connectivity index (χ1n) is 5.60. The van der Waals surface area contributed by atoms with Crippen LogP contribution in [0.15, 0.2) is 24.3 Å². The average molecular weight is 252 g/mol. The second-order valence-corrected chi connectivity index (χ2v) is 3.70. The molecule has 5 heteroatoms. The Labute approximate surface area is 105 Å². The van der Waals surface area contributed by atoms with E-state index >= 15 is 0 Å². The van der Waals surface area contributed by atoms with Crippen molar-refractivity contribution < 1.29 is 24.2 Å². The molecular formula is C13H16O5. The molecule has 0 saturated heterocycles. The summed E-state index contributed by atoms with van der Waals surface area (Å²) in [4.78, 5) is 22.3. The Morgan fingerprint density at radius 1 is 1.28 bits per heavy atom. The van der Waals surface area contributed by atoms with Crippen LogP contribution in [0.4, 0.5) is 0 Å². The Morgan fingerprint density at radius 3 is 2.33 bits per heavy atom. The second-order valence-electron chi connectivity index (χ2n) is 3.70. The van der Waals surface area contributed by atoms with Crippen molar-refractivity contribution >= 4 is 11.8 Å². The molecule has 1 unspecified atom stereocenters. The van der Waals surface area contributed by atoms with Crippen molar-refractivity contribution in [3.63, 3.8) is 0 Å². The molecule has 0 aliphatic heterocycles. The summed E-state index contributed by atoms with van der Waals surface area (Å²) in [5.41, 5.74) is 0.587. The number of benzene rings is 1. The third kappa shape index (κ3) is 3.85. The number of methoxy groups -OCH3 is 1. The SMILES string of the molecule is CCC(=O)c1ccc(OC(COC)C(=O)O)cc1. The van der Waals surface area contributed by atoms with Crippen LogP contribution in [0.2, 0.25) is 0 Å². The molecule has 1 N–H and O–H groups in total. The van der Waals surface area contributed by atoms with Gasteiger partial charge in [0.1, 0.15) is 5.75 Å². The fraction of sp³-hybridized carbons (Fsp3) is 0.385. The minimum atomic E-state index is -1.09. The van der Waals surface area contributed by atoms with E-state index < -0.39 is 12.1 Å². The molecule has 5 nitrogen and oxygen atoms in total. The van der Waals surface area contributed by atoms with Crippen molar-refractivity contribution in [1.82, 2.24) is 0 Å². The van der Waals surface area contributed by atoms with Gasteiger partial charge in [0, 0.05) is 19.1 Å². The second kappa shape index (κ2) is 6.76. The van der Waals surface area contributed by atoms with Crippen molar-refractivity contribution in [2.75, 3.05) is 13.7 Å². The molecule has 0 amide bonds. The summed E-state index contributed by atoms with van der Waals surface area (Å²) in [5, 5.41) is 8.89. The van der Waals surface area contributed by atoms with Crippen molar-refractivity contribution in [3.8, 4) is 5.75 Å². The quantitative estimate of drug-likeness (QED) is 0.748. The standard InChI is InChI=1S/C13H16O5/c1-3-11(14)9-4-6-10(7-5-9)18-12(8-17-2)13(15)16/h4-7,12H,3,8H2,1-2H3,(H,15,16). The lowest BCUT2D eigenvalue weighted by molar-refractivity contribution is -0.147. The molecule has 0 fully saturated rings. The molecule has 0 aliphatic carbocycles. The van der Waals surface area contributed by atoms with Gasteiger partial charge in [-0.1, -0.05) is 6.92 Å². The van der Waals surface area contributed by atoms with Gasteiger partial charge < -0.3 is 14.6 Å². The van der Waals surface area contributed by atoms with E-state index in [0.717, 1.165) is 0 Å². The summed E-state index contributed by atoms with van der Waals surface area (Å²) >= 11 is 0. The third-order valence-corrected chi connectivity index (χ3v) is 2.37. The first-order valence-corrected chi connectivity index (χ1v) is 5.60. The van der Waals surface area contributed by atoms with Gasteiger partial charge in [0.2, 0.25) is 6.10 Å². The maximum Gasteiger partial charge on any atom is 0.347 e. The van der Waals surface area contributed by atoms with Crippen LogP contribution in [0.3, 0.4) is 0 Å². The van der Waals surface area contributed by atoms with E-state index in [1.807, 2.05) is 0 Å². The van der Waals surface area contributed by atoms with Crippen molar-refractivity contribution in [3.05, 3.63) is 29.8 Å². The molecule has 0 aromatic heterocycles. The van der Waals surface area contributed by atoms with Gasteiger partial charge in [-0.15, -0.1) is 0 Å². The van der Waals surface area contributed by atoms with Crippen LogP contribution in [0, 0.1) is 0 Å². The Balaban J connectivity index is 2.73. The van der Waals surface area contributed by atoms with E-state index in [4.69, 9.17) is 14.6 Å². The number of rotatable bonds is 7. The number of carboxylic acid groups (broad SMARTS) is 1. The van der Waals surface area contributed by atoms with E-state index in [1.165, 1.54) is 7.11 Å². The zero-order chi connectivity index (χ0) is 13.5. The number of carbonyl (C=O) groups is 2. The first-order chi connectivity index (χ1) is 8.58. The van der Waals surface area contributed by atoms with Gasteiger partial charge in [0.05, 0.1) is 6.61 Å². The number of hydrogen-bond donors (Lipinski definition) is 1. The smallest absolute Gasteiger partial charge is 0.347 e. The number of carboxylic acids is 1. The minimum Gasteiger partial charge on any atom is -0.478 e. The molecule has 0 saturated carbocycles. The fourth-order valence-electron chi connectivity index (χ4n) is 1.39. The Bertz CT molecular complexity index is 410. The lowest BCUT2D eigenvalue weighted by Crippen LogP contribution is -2.31. The van der Waals surface area contributed by atoms with Gasteiger partial charge in [0.15, 0.2) is 5.78 Å². The van der Waals surface area contributed by atoms with Gasteiger partial charge in [-0.25, -0.2) is 4.79 Å². The molecular weight excluding hydrogens is 236 g/mol. The largest absolute Gasteiger partial charge is 0.478 e. The highest BCUT2D eigenvalue weighted by atomic mass is 16.5. The number of ketones is 1. The molecule has 1 atom stereocenters. The molecule has 0 spiro atoms. The highest BCUT2D eigenvalue weighted by Gasteiger charge is 2.19. The maximum absolute atomic E-state index is 11.4. The number of Topliss-reactive ketones (excluding diaryl/α,β-unsaturated/α-hetero) is 1. The Morgan fingerprint density at radius 2 is 1.89 bits per heavy atom. The molecule has 1 aromatic carbocycles. The van der Waals surface area contributed by atoms with Crippen LogP contribution in [0.25, 0.3) is 0 Å². The van der Waals surface area contributed by atoms with E-state index in [1.54, 1.807) is 31.2 Å². The summed E-state index contributed by atoms with van der Waals surface area (Å²) in [6, 6.07) is 6.39. The maximum atomic E-state index is 11.4. The lowest BCUT2D eigenvalue weighted by atomic mass is 10.1. The van der Waals surface area contributed by atoms with Crippen LogP contribution in [0.5, 0.6) is 5.75 Å². The van der Waals surface area contributed by atoms with Crippen molar-refractivity contribution in [2.45, 2.75) is 19.4 Å². The van der Waals surface area contributed by atoms with Gasteiger partial charge in [-0.2, -0.15) is 0 Å². The van der Waals surface area contributed by atoms with Crippen LogP contribution in [-0.2, 0) is 9.53 Å². The van der Waals surface area contributed by atoms with E-state index in [0.29, 0.717) is 17.7 Å². The number of aliphatic carboxylic acids is 1. The summed E-state index contributed by atoms with van der Waals surface area (Å²) in [6.07, 6.45) is -0.621. The van der Waals surface area contributed by atoms with E-state index in [-0.39, 0.29) is 12.4 Å². The van der Waals surface area contributed by atoms with Gasteiger partial charge >= 0.3 is 5.97 Å². The predicted molar refractivity (Wildman–Crippen MR) is 65.0 cm³/mol. The summed E-state index contributed by atoms with van der Waals surface area (Å²) in [7, 11) is 1.41. The minimum absolute atomic E-state index is 0.0354. The zero-order valence-corrected chi connectivity index (χ0v) is 10.4. The molecule has 18 heavy (non-hydrogen) atoms. The summed E-state index contributed by atoms with van der Waals surface area (Å²) in [5.74, 6) is -0.661. The highest BCUT2D eigenvalue weighted by Crippen LogP contribution is 2.15. The third-order valence-electron chi connectivity index (χ3n) is 2.37. The summed E-state index contributed by atoms with van der Waals surface area (Å²) < 4.78 is 10.0. The highest BCUT2D eigenvalue weighted by molar-refractivity contribution is 5.95. The lowest BCUT2D eigenvalue weighted by Gasteiger charge is -2.14. The average Bonchev–Trinajstić information content (AvgIpc) is 2.38. The normalized spacial score (nSPS) is 11.9. The predicted octanol–water partition coefficient (Wildman–Crippen LogP) is 1.76. The van der Waals surface area contributed by atoms with Crippen LogP contribution in [0.1, 0.15) is 23.7 Å². The van der Waals surface area contributed by atoms with E-state index in [9.17, 15) is 9.59 Å². The monoisotopic (exact) mass is 252 g/mol. The topological polar surface area (TPSA) is 72.8 Å². The van der Waals surface area contributed by atoms with Crippen LogP contribution in [-0.4, -0.2) is 36.7 Å². The summed E-state index contributed by atoms with van der Waals surface area (Å²) in [6.45, 7) is 1.75. The van der Waals surface area contributed by atoms with Gasteiger partial charge in [-0.05, 0) is 24.3 Å². The van der Waals surface area contributed by atoms with Gasteiger partial charge in [0.25, 0.3) is 0 Å². The number of hydrogen-bond acceptors (Lipinski definition) is 4. The van der Waals surface area contributed by atoms with Crippen molar-refractivity contribution in [1.29, 1.82) is 0 Å². The van der Waals surface area contributed by atoms with Crippen LogP contribution < -0.4 is 4.74 Å². The van der Waals surface area contributed by atoms with E-state index in [2.05, 4.69) is 0 Å². The number of ether oxygens (including phenoxy) is 2. The molecule has 1 aromatic rings. The first kappa shape index (κ1) is 14.2. The zero-order valence-electron chi connectivity index (χ0n) is 10.4. The molecule has 0 bridgehead atoms. The molecule has 0 radical (unpaired) electrons. The Kier molecular flexibility index (Phi) is 5.32. The van der Waals surface area contributed by atoms with Gasteiger partial charge in [-0.3, -0.25) is 4.79 Å². The molecule has 98 valence electrons. The molecule has 1 rings (SSSR count). The van der Waals surface area contributed by atoms with Crippen molar-refractivity contribution in [2.24, 2.45) is 0 Å². The number of carbonyl (C=O) groups excluding carboxylic acids is 1. The molecule has 0 aliphatic rings. The Hall–Kier alpha value is -1.88.